The number of hydrogen-bond donors (Lipinski definition) is 1. The minimum atomic E-state index is -4.05. The summed E-state index contributed by atoms with van der Waals surface area (Å²) in [6.07, 6.45) is 0. The number of aryl methyl sites for hydroxylation is 1. The summed E-state index contributed by atoms with van der Waals surface area (Å²) in [7, 11) is -1.13. The van der Waals surface area contributed by atoms with E-state index in [9.17, 15) is 13.2 Å². The van der Waals surface area contributed by atoms with Gasteiger partial charge in [-0.1, -0.05) is 17.7 Å². The highest BCUT2D eigenvalue weighted by Gasteiger charge is 2.31. The van der Waals surface area contributed by atoms with Crippen molar-refractivity contribution in [2.24, 2.45) is 0 Å². The zero-order valence-corrected chi connectivity index (χ0v) is 20.4. The molecule has 34 heavy (non-hydrogen) atoms. The standard InChI is InChI=1S/C24H23ClN2O6S/c1-15-4-9-20-19(12-15)26-24(28)18-13-23(34(29,30)27(2)10-11-31-3)22(14-21(18)33-20)32-17-7-5-16(25)6-8-17/h4-9,12-14H,10-11H2,1-3H3,(H,26,28). The SMILES string of the molecule is COCCN(C)S(=O)(=O)c1cc2c(cc1Oc1ccc(Cl)cc1)Oc1ccc(C)cc1NC2=O. The predicted octanol–water partition coefficient (Wildman–Crippen LogP) is 5.07. The molecule has 0 atom stereocenters. The van der Waals surface area contributed by atoms with Crippen molar-refractivity contribution >= 4 is 33.2 Å². The Kier molecular flexibility index (Phi) is 6.81. The van der Waals surface area contributed by atoms with E-state index >= 15 is 0 Å². The topological polar surface area (TPSA) is 94.2 Å². The quantitative estimate of drug-likeness (QED) is 0.485. The summed E-state index contributed by atoms with van der Waals surface area (Å²) in [5.41, 5.74) is 1.49. The second-order valence-electron chi connectivity index (χ2n) is 7.73. The van der Waals surface area contributed by atoms with Crippen LogP contribution in [0.4, 0.5) is 5.69 Å². The van der Waals surface area contributed by atoms with E-state index in [1.165, 1.54) is 26.3 Å². The molecule has 1 aliphatic heterocycles. The van der Waals surface area contributed by atoms with Crippen LogP contribution in [0.15, 0.2) is 59.5 Å². The maximum absolute atomic E-state index is 13.4. The molecule has 0 aromatic heterocycles. The third-order valence-corrected chi connectivity index (χ3v) is 7.36. The number of hydrogen-bond acceptors (Lipinski definition) is 6. The van der Waals surface area contributed by atoms with E-state index in [0.29, 0.717) is 22.2 Å². The molecule has 3 aromatic rings. The van der Waals surface area contributed by atoms with Crippen molar-refractivity contribution in [3.05, 3.63) is 70.7 Å². The van der Waals surface area contributed by atoms with Crippen molar-refractivity contribution < 1.29 is 27.4 Å². The Morgan fingerprint density at radius 3 is 2.50 bits per heavy atom. The Hall–Kier alpha value is -3.11. The first-order valence-corrected chi connectivity index (χ1v) is 12.2. The van der Waals surface area contributed by atoms with Crippen LogP contribution in [0.5, 0.6) is 23.0 Å². The number of anilines is 1. The van der Waals surface area contributed by atoms with Gasteiger partial charge in [-0.3, -0.25) is 4.79 Å². The van der Waals surface area contributed by atoms with Crippen molar-refractivity contribution in [1.82, 2.24) is 4.31 Å². The number of nitrogens with zero attached hydrogens (tertiary/aromatic N) is 1. The molecule has 1 amide bonds. The molecule has 0 unspecified atom stereocenters. The average Bonchev–Trinajstić information content (AvgIpc) is 2.93. The molecule has 178 valence electrons. The highest BCUT2D eigenvalue weighted by molar-refractivity contribution is 7.89. The van der Waals surface area contributed by atoms with Gasteiger partial charge in [-0.05, 0) is 55.0 Å². The summed E-state index contributed by atoms with van der Waals surface area (Å²) >= 11 is 5.96. The number of amides is 1. The third-order valence-electron chi connectivity index (χ3n) is 5.23. The lowest BCUT2D eigenvalue weighted by Crippen LogP contribution is -2.30. The van der Waals surface area contributed by atoms with Gasteiger partial charge in [0.1, 0.15) is 16.4 Å². The van der Waals surface area contributed by atoms with E-state index in [2.05, 4.69) is 5.32 Å². The van der Waals surface area contributed by atoms with Gasteiger partial charge in [0, 0.05) is 31.8 Å². The largest absolute Gasteiger partial charge is 0.456 e. The molecule has 0 spiro atoms. The van der Waals surface area contributed by atoms with E-state index in [1.54, 1.807) is 36.4 Å². The highest BCUT2D eigenvalue weighted by Crippen LogP contribution is 2.42. The Morgan fingerprint density at radius 2 is 1.79 bits per heavy atom. The van der Waals surface area contributed by atoms with Crippen molar-refractivity contribution in [2.75, 3.05) is 32.6 Å². The van der Waals surface area contributed by atoms with Crippen molar-refractivity contribution in [3.8, 4) is 23.0 Å². The first-order chi connectivity index (χ1) is 16.2. The van der Waals surface area contributed by atoms with Gasteiger partial charge in [0.05, 0.1) is 17.9 Å². The number of carbonyl (C=O) groups excluding carboxylic acids is 1. The van der Waals surface area contributed by atoms with E-state index in [-0.39, 0.29) is 35.1 Å². The summed E-state index contributed by atoms with van der Waals surface area (Å²) in [6, 6.07) is 14.5. The molecule has 4 rings (SSSR count). The van der Waals surface area contributed by atoms with Crippen LogP contribution in [0, 0.1) is 6.92 Å². The van der Waals surface area contributed by atoms with Crippen LogP contribution in [0.3, 0.4) is 0 Å². The molecule has 0 aliphatic carbocycles. The van der Waals surface area contributed by atoms with Gasteiger partial charge in [-0.2, -0.15) is 4.31 Å². The smallest absolute Gasteiger partial charge is 0.259 e. The van der Waals surface area contributed by atoms with Crippen LogP contribution in [-0.4, -0.2) is 45.9 Å². The van der Waals surface area contributed by atoms with Crippen LogP contribution >= 0.6 is 11.6 Å². The van der Waals surface area contributed by atoms with Crippen molar-refractivity contribution in [2.45, 2.75) is 11.8 Å². The van der Waals surface area contributed by atoms with Gasteiger partial charge in [0.15, 0.2) is 11.5 Å². The molecule has 0 radical (unpaired) electrons. The highest BCUT2D eigenvalue weighted by atomic mass is 35.5. The maximum Gasteiger partial charge on any atom is 0.259 e. The monoisotopic (exact) mass is 502 g/mol. The number of fused-ring (bicyclic) bond motifs is 2. The Labute approximate surface area is 203 Å². The minimum absolute atomic E-state index is 0.00806. The number of likely N-dealkylation sites (N-methyl/N-ethyl adjacent to an activating group) is 1. The van der Waals surface area contributed by atoms with Gasteiger partial charge < -0.3 is 19.5 Å². The molecular formula is C24H23ClN2O6S. The number of methoxy groups -OCH3 is 1. The Bertz CT molecular complexity index is 1340. The lowest BCUT2D eigenvalue weighted by molar-refractivity contribution is 0.102. The van der Waals surface area contributed by atoms with Crippen LogP contribution in [-0.2, 0) is 14.8 Å². The second kappa shape index (κ2) is 9.63. The van der Waals surface area contributed by atoms with Crippen LogP contribution in [0.1, 0.15) is 15.9 Å². The number of halogens is 1. The Balaban J connectivity index is 1.85. The average molecular weight is 503 g/mol. The molecule has 0 saturated carbocycles. The van der Waals surface area contributed by atoms with Crippen LogP contribution in [0.25, 0.3) is 0 Å². The summed E-state index contributed by atoms with van der Waals surface area (Å²) < 4.78 is 45.0. The van der Waals surface area contributed by atoms with E-state index in [1.807, 2.05) is 13.0 Å². The van der Waals surface area contributed by atoms with E-state index in [0.717, 1.165) is 9.87 Å². The van der Waals surface area contributed by atoms with Crippen LogP contribution in [0.2, 0.25) is 5.02 Å². The van der Waals surface area contributed by atoms with E-state index < -0.39 is 15.9 Å². The first-order valence-electron chi connectivity index (χ1n) is 10.4. The van der Waals surface area contributed by atoms with Gasteiger partial charge >= 0.3 is 0 Å². The maximum atomic E-state index is 13.4. The van der Waals surface area contributed by atoms with Gasteiger partial charge in [-0.15, -0.1) is 0 Å². The zero-order chi connectivity index (χ0) is 24.5. The number of sulfonamides is 1. The summed E-state index contributed by atoms with van der Waals surface area (Å²) in [4.78, 5) is 12.9. The van der Waals surface area contributed by atoms with Crippen molar-refractivity contribution in [3.63, 3.8) is 0 Å². The molecule has 0 bridgehead atoms. The molecule has 3 aromatic carbocycles. The third kappa shape index (κ3) is 4.88. The molecule has 1 heterocycles. The predicted molar refractivity (Wildman–Crippen MR) is 129 cm³/mol. The molecule has 1 aliphatic rings. The summed E-state index contributed by atoms with van der Waals surface area (Å²) in [5, 5.41) is 3.30. The van der Waals surface area contributed by atoms with E-state index in [4.69, 9.17) is 25.8 Å². The minimum Gasteiger partial charge on any atom is -0.456 e. The summed E-state index contributed by atoms with van der Waals surface area (Å²) in [5.74, 6) is 0.488. The Morgan fingerprint density at radius 1 is 1.06 bits per heavy atom. The van der Waals surface area contributed by atoms with Gasteiger partial charge in [0.2, 0.25) is 10.0 Å². The molecule has 0 saturated heterocycles. The van der Waals surface area contributed by atoms with Crippen LogP contribution < -0.4 is 14.8 Å². The lowest BCUT2D eigenvalue weighted by atomic mass is 10.1. The lowest BCUT2D eigenvalue weighted by Gasteiger charge is -2.20. The first kappa shape index (κ1) is 24.0. The fraction of sp³-hybridized carbons (Fsp3) is 0.208. The number of nitrogens with one attached hydrogen (secondary N) is 1. The molecule has 8 nitrogen and oxygen atoms in total. The number of rotatable bonds is 7. The second-order valence-corrected chi connectivity index (χ2v) is 10.2. The fourth-order valence-electron chi connectivity index (χ4n) is 3.36. The zero-order valence-electron chi connectivity index (χ0n) is 18.8. The molecule has 10 heteroatoms. The number of ether oxygens (including phenoxy) is 3. The van der Waals surface area contributed by atoms with Gasteiger partial charge in [0.25, 0.3) is 5.91 Å². The number of carbonyl (C=O) groups is 1. The number of benzene rings is 3. The fourth-order valence-corrected chi connectivity index (χ4v) is 4.76. The molecular weight excluding hydrogens is 480 g/mol. The summed E-state index contributed by atoms with van der Waals surface area (Å²) in [6.45, 7) is 2.21. The molecule has 1 N–H and O–H groups in total. The van der Waals surface area contributed by atoms with Crippen molar-refractivity contribution in [1.29, 1.82) is 0 Å². The normalized spacial score (nSPS) is 12.9. The molecule has 0 fully saturated rings. The van der Waals surface area contributed by atoms with Gasteiger partial charge in [-0.25, -0.2) is 8.42 Å².